The van der Waals surface area contributed by atoms with E-state index in [-0.39, 0.29) is 30.4 Å². The van der Waals surface area contributed by atoms with E-state index in [0.29, 0.717) is 6.54 Å². The Morgan fingerprint density at radius 3 is 1.89 bits per heavy atom. The Hall–Kier alpha value is -1.86. The molecule has 2 N–H and O–H groups in total. The lowest BCUT2D eigenvalue weighted by atomic mass is 10.0. The van der Waals surface area contributed by atoms with Gasteiger partial charge in [0.1, 0.15) is 55.7 Å². The third-order valence-corrected chi connectivity index (χ3v) is 4.94. The van der Waals surface area contributed by atoms with Gasteiger partial charge < -0.3 is 19.5 Å². The highest BCUT2D eigenvalue weighted by molar-refractivity contribution is 5.30. The molecule has 0 radical (unpaired) electrons. The number of aliphatic hydroxyl groups is 1. The van der Waals surface area contributed by atoms with E-state index in [4.69, 9.17) is 9.47 Å². The molecule has 0 aliphatic carbocycles. The molecule has 28 heavy (non-hydrogen) atoms. The van der Waals surface area contributed by atoms with E-state index in [0.717, 1.165) is 24.2 Å². The zero-order chi connectivity index (χ0) is 20.1. The molecule has 152 valence electrons. The molecule has 2 aromatic carbocycles. The lowest BCUT2D eigenvalue weighted by Gasteiger charge is -2.33. The second-order valence-corrected chi connectivity index (χ2v) is 7.59. The van der Waals surface area contributed by atoms with Crippen LogP contribution in [0.2, 0.25) is 0 Å². The number of rotatable bonds is 7. The first-order chi connectivity index (χ1) is 13.4. The third-order valence-electron chi connectivity index (χ3n) is 4.94. The second kappa shape index (κ2) is 9.56. The van der Waals surface area contributed by atoms with Gasteiger partial charge in [0.15, 0.2) is 0 Å². The standard InChI is InChI=1S/C22H27F2NO3/c1-15-11-25(12-16(2)28-15)13-21(26)14-27-22(17-3-7-19(23)8-4-17)18-5-9-20(24)10-6-18/h3-10,15-16,21-22,26H,11-14H2,1-2H3/p+1/t15-,16-,21-/m0/s1. The summed E-state index contributed by atoms with van der Waals surface area (Å²) in [6, 6.07) is 12.1. The van der Waals surface area contributed by atoms with Crippen molar-refractivity contribution >= 4 is 0 Å². The van der Waals surface area contributed by atoms with Crippen molar-refractivity contribution < 1.29 is 28.3 Å². The van der Waals surface area contributed by atoms with Crippen LogP contribution in [-0.2, 0) is 9.47 Å². The number of aliphatic hydroxyl groups excluding tert-OH is 1. The summed E-state index contributed by atoms with van der Waals surface area (Å²) in [5.41, 5.74) is 1.50. The summed E-state index contributed by atoms with van der Waals surface area (Å²) in [7, 11) is 0. The number of halogens is 2. The zero-order valence-corrected chi connectivity index (χ0v) is 16.3. The van der Waals surface area contributed by atoms with Crippen molar-refractivity contribution in [3.8, 4) is 0 Å². The average Bonchev–Trinajstić information content (AvgIpc) is 2.64. The van der Waals surface area contributed by atoms with Crippen molar-refractivity contribution in [3.63, 3.8) is 0 Å². The van der Waals surface area contributed by atoms with Gasteiger partial charge in [-0.25, -0.2) is 8.78 Å². The summed E-state index contributed by atoms with van der Waals surface area (Å²) in [5, 5.41) is 10.5. The minimum atomic E-state index is -0.643. The van der Waals surface area contributed by atoms with Gasteiger partial charge in [-0.05, 0) is 49.2 Å². The van der Waals surface area contributed by atoms with E-state index in [1.54, 1.807) is 24.3 Å². The average molecular weight is 392 g/mol. The Labute approximate surface area is 164 Å². The molecule has 2 aromatic rings. The lowest BCUT2D eigenvalue weighted by molar-refractivity contribution is -0.918. The molecule has 0 amide bonds. The molecule has 1 saturated heterocycles. The van der Waals surface area contributed by atoms with Crippen LogP contribution in [0.15, 0.2) is 48.5 Å². The fraction of sp³-hybridized carbons (Fsp3) is 0.455. The summed E-state index contributed by atoms with van der Waals surface area (Å²) < 4.78 is 38.3. The number of hydrogen-bond donors (Lipinski definition) is 2. The molecule has 0 saturated carbocycles. The smallest absolute Gasteiger partial charge is 0.126 e. The Kier molecular flexibility index (Phi) is 7.13. The quantitative estimate of drug-likeness (QED) is 0.759. The second-order valence-electron chi connectivity index (χ2n) is 7.59. The van der Waals surface area contributed by atoms with E-state index >= 15 is 0 Å². The maximum Gasteiger partial charge on any atom is 0.126 e. The summed E-state index contributed by atoms with van der Waals surface area (Å²) in [5.74, 6) is -0.665. The van der Waals surface area contributed by atoms with Gasteiger partial charge in [-0.1, -0.05) is 24.3 Å². The SMILES string of the molecule is C[C@H]1C[NH+](C[C@H](O)COC(c2ccc(F)cc2)c2ccc(F)cc2)C[C@H](C)O1. The highest BCUT2D eigenvalue weighted by Crippen LogP contribution is 2.26. The van der Waals surface area contributed by atoms with Gasteiger partial charge >= 0.3 is 0 Å². The van der Waals surface area contributed by atoms with Crippen LogP contribution in [0.3, 0.4) is 0 Å². The number of quaternary nitrogens is 1. The number of nitrogens with one attached hydrogen (secondary N) is 1. The predicted octanol–water partition coefficient (Wildman–Crippen LogP) is 2.12. The molecular weight excluding hydrogens is 364 g/mol. The van der Waals surface area contributed by atoms with Crippen molar-refractivity contribution in [2.75, 3.05) is 26.2 Å². The van der Waals surface area contributed by atoms with E-state index in [2.05, 4.69) is 0 Å². The van der Waals surface area contributed by atoms with Crippen LogP contribution in [0, 0.1) is 11.6 Å². The highest BCUT2D eigenvalue weighted by atomic mass is 19.1. The predicted molar refractivity (Wildman–Crippen MR) is 102 cm³/mol. The summed E-state index contributed by atoms with van der Waals surface area (Å²) in [6.07, 6.45) is -0.819. The molecule has 0 spiro atoms. The van der Waals surface area contributed by atoms with Gasteiger partial charge in [0, 0.05) is 0 Å². The third kappa shape index (κ3) is 5.82. The number of morpholine rings is 1. The van der Waals surface area contributed by atoms with Gasteiger partial charge in [0.05, 0.1) is 6.61 Å². The van der Waals surface area contributed by atoms with E-state index in [1.807, 2.05) is 13.8 Å². The summed E-state index contributed by atoms with van der Waals surface area (Å²) in [6.45, 7) is 6.47. The molecule has 3 atom stereocenters. The highest BCUT2D eigenvalue weighted by Gasteiger charge is 2.28. The maximum absolute atomic E-state index is 13.3. The van der Waals surface area contributed by atoms with Crippen LogP contribution in [0.5, 0.6) is 0 Å². The summed E-state index contributed by atoms with van der Waals surface area (Å²) >= 11 is 0. The molecule has 6 heteroatoms. The fourth-order valence-corrected chi connectivity index (χ4v) is 3.82. The molecule has 0 bridgehead atoms. The van der Waals surface area contributed by atoms with Gasteiger partial charge in [-0.2, -0.15) is 0 Å². The van der Waals surface area contributed by atoms with Crippen molar-refractivity contribution in [1.82, 2.24) is 0 Å². The maximum atomic E-state index is 13.3. The molecular formula is C22H28F2NO3+. The Balaban J connectivity index is 1.65. The van der Waals surface area contributed by atoms with Crippen LogP contribution in [0.4, 0.5) is 8.78 Å². The van der Waals surface area contributed by atoms with Crippen molar-refractivity contribution in [3.05, 3.63) is 71.3 Å². The first kappa shape index (κ1) is 20.9. The van der Waals surface area contributed by atoms with Crippen molar-refractivity contribution in [1.29, 1.82) is 0 Å². The molecule has 1 fully saturated rings. The number of hydrogen-bond acceptors (Lipinski definition) is 3. The van der Waals surface area contributed by atoms with E-state index < -0.39 is 12.2 Å². The molecule has 0 unspecified atom stereocenters. The number of ether oxygens (including phenoxy) is 2. The van der Waals surface area contributed by atoms with E-state index in [1.165, 1.54) is 29.2 Å². The monoisotopic (exact) mass is 392 g/mol. The molecule has 3 rings (SSSR count). The minimum Gasteiger partial charge on any atom is -0.385 e. The van der Waals surface area contributed by atoms with Gasteiger partial charge in [0.25, 0.3) is 0 Å². The molecule has 1 aliphatic rings. The van der Waals surface area contributed by atoms with Gasteiger partial charge in [0.2, 0.25) is 0 Å². The van der Waals surface area contributed by atoms with Gasteiger partial charge in [-0.15, -0.1) is 0 Å². The first-order valence-corrected chi connectivity index (χ1v) is 9.70. The van der Waals surface area contributed by atoms with Crippen LogP contribution in [0.25, 0.3) is 0 Å². The largest absolute Gasteiger partial charge is 0.385 e. The molecule has 0 aromatic heterocycles. The fourth-order valence-electron chi connectivity index (χ4n) is 3.82. The van der Waals surface area contributed by atoms with Crippen molar-refractivity contribution in [2.24, 2.45) is 0 Å². The normalized spacial score (nSPS) is 23.7. The minimum absolute atomic E-state index is 0.131. The Morgan fingerprint density at radius 2 is 1.43 bits per heavy atom. The first-order valence-electron chi connectivity index (χ1n) is 9.70. The van der Waals surface area contributed by atoms with Crippen LogP contribution >= 0.6 is 0 Å². The van der Waals surface area contributed by atoms with Crippen LogP contribution in [0.1, 0.15) is 31.1 Å². The summed E-state index contributed by atoms with van der Waals surface area (Å²) in [4.78, 5) is 1.28. The van der Waals surface area contributed by atoms with Crippen LogP contribution < -0.4 is 4.90 Å². The van der Waals surface area contributed by atoms with E-state index in [9.17, 15) is 13.9 Å². The molecule has 1 heterocycles. The topological polar surface area (TPSA) is 43.1 Å². The Morgan fingerprint density at radius 1 is 0.964 bits per heavy atom. The zero-order valence-electron chi connectivity index (χ0n) is 16.3. The number of benzene rings is 2. The Bertz CT molecular complexity index is 683. The lowest BCUT2D eigenvalue weighted by Crippen LogP contribution is -3.16. The van der Waals surface area contributed by atoms with Crippen LogP contribution in [-0.4, -0.2) is 49.7 Å². The molecule has 4 nitrogen and oxygen atoms in total. The van der Waals surface area contributed by atoms with Gasteiger partial charge in [-0.3, -0.25) is 0 Å². The molecule has 1 aliphatic heterocycles. The van der Waals surface area contributed by atoms with Crippen molar-refractivity contribution in [2.45, 2.75) is 38.3 Å².